The number of nitrogens with zero attached hydrogens (tertiary/aromatic N) is 4. The molecule has 1 unspecified atom stereocenters. The van der Waals surface area contributed by atoms with Crippen LogP contribution < -0.4 is 16.8 Å². The van der Waals surface area contributed by atoms with E-state index in [4.69, 9.17) is 11.5 Å². The van der Waals surface area contributed by atoms with Gasteiger partial charge < -0.3 is 11.1 Å². The van der Waals surface area contributed by atoms with E-state index in [9.17, 15) is 0 Å². The van der Waals surface area contributed by atoms with Crippen LogP contribution in [0.4, 0.5) is 5.82 Å². The molecule has 1 saturated heterocycles. The first-order chi connectivity index (χ1) is 13.6. The van der Waals surface area contributed by atoms with Crippen LogP contribution in [0.15, 0.2) is 35.5 Å². The standard InChI is InChI=1S/C21H31N7/c1-2-3-10-21(23)25-19(22)18-13-24-28(20(18)26-21)15-17-8-6-16(7-9-17)14-27-11-4-5-12-27/h6-9,13,26H,2-5,10-12,14-15,23H2,1H3,(H2,22,25). The molecule has 5 N–H and O–H groups in total. The molecule has 1 aromatic carbocycles. The Morgan fingerprint density at radius 2 is 1.79 bits per heavy atom. The van der Waals surface area contributed by atoms with E-state index < -0.39 is 5.79 Å². The Morgan fingerprint density at radius 1 is 1.11 bits per heavy atom. The number of aromatic nitrogens is 2. The summed E-state index contributed by atoms with van der Waals surface area (Å²) in [6, 6.07) is 8.82. The van der Waals surface area contributed by atoms with Gasteiger partial charge in [0.2, 0.25) is 0 Å². The van der Waals surface area contributed by atoms with Crippen molar-refractivity contribution in [2.24, 2.45) is 16.5 Å². The van der Waals surface area contributed by atoms with Crippen LogP contribution in [0.5, 0.6) is 0 Å². The van der Waals surface area contributed by atoms with Gasteiger partial charge in [0.15, 0.2) is 5.79 Å². The van der Waals surface area contributed by atoms with Crippen LogP contribution in [-0.2, 0) is 13.1 Å². The average molecular weight is 382 g/mol. The van der Waals surface area contributed by atoms with Crippen LogP contribution in [0.2, 0.25) is 0 Å². The first-order valence-electron chi connectivity index (χ1n) is 10.3. The second-order valence-electron chi connectivity index (χ2n) is 8.01. The van der Waals surface area contributed by atoms with Gasteiger partial charge in [-0.1, -0.05) is 37.6 Å². The normalized spacial score (nSPS) is 22.0. The van der Waals surface area contributed by atoms with Crippen LogP contribution in [0.3, 0.4) is 0 Å². The molecule has 2 aliphatic heterocycles. The third-order valence-corrected chi connectivity index (χ3v) is 5.64. The summed E-state index contributed by atoms with van der Waals surface area (Å²) in [7, 11) is 0. The third kappa shape index (κ3) is 4.05. The number of likely N-dealkylation sites (tertiary alicyclic amines) is 1. The lowest BCUT2D eigenvalue weighted by atomic mass is 10.1. The first-order valence-corrected chi connectivity index (χ1v) is 10.3. The van der Waals surface area contributed by atoms with Gasteiger partial charge in [-0.2, -0.15) is 5.10 Å². The largest absolute Gasteiger partial charge is 0.383 e. The summed E-state index contributed by atoms with van der Waals surface area (Å²) in [5, 5.41) is 7.90. The lowest BCUT2D eigenvalue weighted by molar-refractivity contribution is 0.331. The highest BCUT2D eigenvalue weighted by Gasteiger charge is 2.32. The van der Waals surface area contributed by atoms with E-state index >= 15 is 0 Å². The number of aliphatic imine (C=N–C) groups is 1. The molecule has 150 valence electrons. The van der Waals surface area contributed by atoms with E-state index in [1.807, 2.05) is 4.68 Å². The van der Waals surface area contributed by atoms with Crippen molar-refractivity contribution < 1.29 is 0 Å². The van der Waals surface area contributed by atoms with Crippen molar-refractivity contribution in [1.29, 1.82) is 0 Å². The molecule has 7 heteroatoms. The third-order valence-electron chi connectivity index (χ3n) is 5.64. The summed E-state index contributed by atoms with van der Waals surface area (Å²) in [6.45, 7) is 6.29. The van der Waals surface area contributed by atoms with Gasteiger partial charge in [-0.25, -0.2) is 9.67 Å². The Bertz CT molecular complexity index is 833. The zero-order chi connectivity index (χ0) is 19.6. The van der Waals surface area contributed by atoms with Crippen LogP contribution >= 0.6 is 0 Å². The Hall–Kier alpha value is -2.38. The van der Waals surface area contributed by atoms with Crippen molar-refractivity contribution in [2.75, 3.05) is 18.4 Å². The monoisotopic (exact) mass is 381 g/mol. The minimum absolute atomic E-state index is 0.458. The molecule has 0 saturated carbocycles. The SMILES string of the molecule is CCCCC1(N)N=C(N)c2cnn(Cc3ccc(CN4CCCC4)cc3)c2N1. The Balaban J connectivity index is 1.47. The molecule has 7 nitrogen and oxygen atoms in total. The topological polar surface area (TPSA) is 97.5 Å². The van der Waals surface area contributed by atoms with Crippen molar-refractivity contribution in [3.05, 3.63) is 47.2 Å². The van der Waals surface area contributed by atoms with Gasteiger partial charge in [-0.15, -0.1) is 0 Å². The molecule has 3 heterocycles. The van der Waals surface area contributed by atoms with Crippen LogP contribution in [0.25, 0.3) is 0 Å². The fourth-order valence-electron chi connectivity index (χ4n) is 4.02. The second kappa shape index (κ2) is 7.93. The zero-order valence-corrected chi connectivity index (χ0v) is 16.7. The lowest BCUT2D eigenvalue weighted by Gasteiger charge is -2.32. The molecule has 0 amide bonds. The number of nitrogens with two attached hydrogens (primary N) is 2. The number of hydrogen-bond donors (Lipinski definition) is 3. The van der Waals surface area contributed by atoms with Gasteiger partial charge >= 0.3 is 0 Å². The Morgan fingerprint density at radius 3 is 2.46 bits per heavy atom. The maximum absolute atomic E-state index is 6.45. The molecule has 0 spiro atoms. The smallest absolute Gasteiger partial charge is 0.185 e. The first kappa shape index (κ1) is 19.0. The van der Waals surface area contributed by atoms with E-state index in [-0.39, 0.29) is 0 Å². The summed E-state index contributed by atoms with van der Waals surface area (Å²) in [5.74, 6) is 0.455. The molecule has 1 fully saturated rings. The summed E-state index contributed by atoms with van der Waals surface area (Å²) in [5.41, 5.74) is 16.0. The second-order valence-corrected chi connectivity index (χ2v) is 8.01. The molecule has 2 aromatic rings. The minimum Gasteiger partial charge on any atom is -0.383 e. The number of hydrogen-bond acceptors (Lipinski definition) is 6. The van der Waals surface area contributed by atoms with Crippen LogP contribution in [0, 0.1) is 0 Å². The van der Waals surface area contributed by atoms with Gasteiger partial charge in [-0.3, -0.25) is 10.6 Å². The molecule has 28 heavy (non-hydrogen) atoms. The molecule has 2 aliphatic rings. The number of nitrogens with one attached hydrogen (secondary N) is 1. The predicted molar refractivity (Wildman–Crippen MR) is 113 cm³/mol. The number of rotatable bonds is 7. The molecule has 1 aromatic heterocycles. The highest BCUT2D eigenvalue weighted by atomic mass is 15.4. The van der Waals surface area contributed by atoms with Crippen molar-refractivity contribution in [1.82, 2.24) is 14.7 Å². The molecule has 0 aliphatic carbocycles. The number of fused-ring (bicyclic) bond motifs is 1. The van der Waals surface area contributed by atoms with Gasteiger partial charge in [-0.05, 0) is 43.5 Å². The molecule has 0 bridgehead atoms. The van der Waals surface area contributed by atoms with Crippen molar-refractivity contribution in [3.8, 4) is 0 Å². The number of amidine groups is 1. The van der Waals surface area contributed by atoms with Gasteiger partial charge in [0.05, 0.1) is 18.3 Å². The molecule has 0 radical (unpaired) electrons. The van der Waals surface area contributed by atoms with E-state index in [0.29, 0.717) is 12.4 Å². The summed E-state index contributed by atoms with van der Waals surface area (Å²) in [6.07, 6.45) is 7.20. The van der Waals surface area contributed by atoms with Crippen LogP contribution in [0.1, 0.15) is 55.7 Å². The predicted octanol–water partition coefficient (Wildman–Crippen LogP) is 2.46. The van der Waals surface area contributed by atoms with E-state index in [2.05, 4.69) is 51.5 Å². The molecule has 4 rings (SSSR count). The molecule has 1 atom stereocenters. The Labute approximate surface area is 166 Å². The van der Waals surface area contributed by atoms with Gasteiger partial charge in [0.1, 0.15) is 11.7 Å². The number of benzene rings is 1. The highest BCUT2D eigenvalue weighted by Crippen LogP contribution is 2.27. The van der Waals surface area contributed by atoms with Crippen molar-refractivity contribution in [3.63, 3.8) is 0 Å². The van der Waals surface area contributed by atoms with Crippen LogP contribution in [-0.4, -0.2) is 39.4 Å². The summed E-state index contributed by atoms with van der Waals surface area (Å²) < 4.78 is 1.93. The highest BCUT2D eigenvalue weighted by molar-refractivity contribution is 6.03. The maximum Gasteiger partial charge on any atom is 0.185 e. The fourth-order valence-corrected chi connectivity index (χ4v) is 4.02. The van der Waals surface area contributed by atoms with E-state index in [1.165, 1.54) is 37.1 Å². The van der Waals surface area contributed by atoms with E-state index in [1.54, 1.807) is 6.20 Å². The summed E-state index contributed by atoms with van der Waals surface area (Å²) in [4.78, 5) is 6.99. The van der Waals surface area contributed by atoms with Crippen molar-refractivity contribution >= 4 is 11.7 Å². The number of unbranched alkanes of at least 4 members (excludes halogenated alkanes) is 1. The van der Waals surface area contributed by atoms with Gasteiger partial charge in [0, 0.05) is 13.0 Å². The zero-order valence-electron chi connectivity index (χ0n) is 16.7. The van der Waals surface area contributed by atoms with Gasteiger partial charge in [0.25, 0.3) is 0 Å². The summed E-state index contributed by atoms with van der Waals surface area (Å²) >= 11 is 0. The minimum atomic E-state index is -0.857. The number of anilines is 1. The molecular formula is C21H31N7. The van der Waals surface area contributed by atoms with E-state index in [0.717, 1.165) is 37.2 Å². The lowest BCUT2D eigenvalue weighted by Crippen LogP contribution is -2.50. The maximum atomic E-state index is 6.45. The quantitative estimate of drug-likeness (QED) is 0.684. The average Bonchev–Trinajstić information content (AvgIpc) is 3.32. The van der Waals surface area contributed by atoms with Crippen molar-refractivity contribution in [2.45, 2.75) is 57.9 Å². The molecular weight excluding hydrogens is 350 g/mol. The Kier molecular flexibility index (Phi) is 5.37. The fraction of sp³-hybridized carbons (Fsp3) is 0.524.